The predicted octanol–water partition coefficient (Wildman–Crippen LogP) is 7.47. The molecular weight excluding hydrogens is 844 g/mol. The van der Waals surface area contributed by atoms with Crippen LogP contribution in [0.3, 0.4) is 0 Å². The lowest BCUT2D eigenvalue weighted by molar-refractivity contribution is -0.117. The van der Waals surface area contributed by atoms with Crippen LogP contribution in [0.5, 0.6) is 11.5 Å². The molecule has 1 unspecified atom stereocenters. The summed E-state index contributed by atoms with van der Waals surface area (Å²) in [5, 5.41) is 16.4. The highest BCUT2D eigenvalue weighted by molar-refractivity contribution is 7.15. The van der Waals surface area contributed by atoms with Crippen LogP contribution in [0.4, 0.5) is 17.2 Å². The Kier molecular flexibility index (Phi) is 13.7. The fraction of sp³-hybridized carbons (Fsp3) is 0.304. The summed E-state index contributed by atoms with van der Waals surface area (Å²) >= 11 is 7.91. The van der Waals surface area contributed by atoms with Crippen LogP contribution in [0, 0.1) is 20.8 Å². The molecule has 2 aliphatic rings. The van der Waals surface area contributed by atoms with E-state index in [0.717, 1.165) is 55.6 Å². The van der Waals surface area contributed by atoms with Crippen LogP contribution in [0.25, 0.3) is 16.1 Å². The molecule has 15 nitrogen and oxygen atoms in total. The van der Waals surface area contributed by atoms with E-state index in [4.69, 9.17) is 46.0 Å². The molecule has 326 valence electrons. The maximum absolute atomic E-state index is 13.5. The van der Waals surface area contributed by atoms with Gasteiger partial charge >= 0.3 is 0 Å². The number of fused-ring (bicyclic) bond motifs is 4. The van der Waals surface area contributed by atoms with Crippen molar-refractivity contribution in [1.82, 2.24) is 19.7 Å². The first-order valence-corrected chi connectivity index (χ1v) is 21.7. The predicted molar refractivity (Wildman–Crippen MR) is 243 cm³/mol. The standard InChI is InChI=1S/C46H47ClN8O7S/c1-27-28(2)63-46-42(27)43(30-4-7-34(47)8-5-30)52-38(45-54-53-29(3)55(45)46)25-41(57)50-35-9-11-36(12-10-35)61-20-18-59-16-14-58-15-17-60-19-21-62-39-23-33(26-49-44(39)48)31-6-13-37-32(22-31)24-40(56)51-37/h4-13,22-23,26,38H,14-21,24-25H2,1-3H3,(H2,48,49)(H,50,57)(H,51,56). The van der Waals surface area contributed by atoms with Crippen molar-refractivity contribution in [1.29, 1.82) is 0 Å². The quantitative estimate of drug-likeness (QED) is 0.0685. The van der Waals surface area contributed by atoms with Crippen molar-refractivity contribution in [3.8, 4) is 27.6 Å². The normalized spacial score (nSPS) is 14.0. The van der Waals surface area contributed by atoms with Gasteiger partial charge in [0.05, 0.1) is 58.2 Å². The average molecular weight is 891 g/mol. The Morgan fingerprint density at radius 1 is 0.857 bits per heavy atom. The Bertz CT molecular complexity index is 2630. The largest absolute Gasteiger partial charge is 0.491 e. The number of nitrogens with zero attached hydrogens (tertiary/aromatic N) is 5. The van der Waals surface area contributed by atoms with Crippen LogP contribution in [0.15, 0.2) is 84.0 Å². The number of halogens is 1. The van der Waals surface area contributed by atoms with Gasteiger partial charge in [-0.3, -0.25) is 19.1 Å². The summed E-state index contributed by atoms with van der Waals surface area (Å²) in [5.41, 5.74) is 14.1. The van der Waals surface area contributed by atoms with E-state index in [1.54, 1.807) is 41.8 Å². The number of nitrogen functional groups attached to an aromatic ring is 1. The van der Waals surface area contributed by atoms with Gasteiger partial charge in [0.1, 0.15) is 35.8 Å². The van der Waals surface area contributed by atoms with Gasteiger partial charge in [-0.2, -0.15) is 0 Å². The molecule has 63 heavy (non-hydrogen) atoms. The molecule has 2 amide bonds. The topological polar surface area (TPSA) is 186 Å². The van der Waals surface area contributed by atoms with Gasteiger partial charge in [0.25, 0.3) is 0 Å². The number of aryl methyl sites for hydroxylation is 2. The van der Waals surface area contributed by atoms with Crippen molar-refractivity contribution < 1.29 is 33.3 Å². The molecule has 0 aliphatic carbocycles. The van der Waals surface area contributed by atoms with Crippen molar-refractivity contribution in [2.75, 3.05) is 69.2 Å². The average Bonchev–Trinajstić information content (AvgIpc) is 3.91. The molecule has 6 aromatic rings. The van der Waals surface area contributed by atoms with Crippen molar-refractivity contribution in [3.63, 3.8) is 0 Å². The number of benzene rings is 3. The molecular formula is C46H47ClN8O7S. The number of carbonyl (C=O) groups excluding carboxylic acids is 2. The molecule has 8 rings (SSSR count). The highest BCUT2D eigenvalue weighted by Crippen LogP contribution is 2.40. The maximum Gasteiger partial charge on any atom is 0.228 e. The molecule has 17 heteroatoms. The van der Waals surface area contributed by atoms with Crippen LogP contribution in [-0.2, 0) is 30.2 Å². The number of nitrogens with two attached hydrogens (primary N) is 1. The third-order valence-corrected chi connectivity index (χ3v) is 12.0. The molecule has 2 aliphatic heterocycles. The lowest BCUT2D eigenvalue weighted by atomic mass is 9.99. The van der Waals surface area contributed by atoms with Gasteiger partial charge < -0.3 is 40.1 Å². The lowest BCUT2D eigenvalue weighted by Gasteiger charge is -2.13. The first kappa shape index (κ1) is 43.5. The van der Waals surface area contributed by atoms with Gasteiger partial charge in [0, 0.05) is 44.2 Å². The van der Waals surface area contributed by atoms with Gasteiger partial charge in [0.2, 0.25) is 11.8 Å². The molecule has 3 aromatic carbocycles. The van der Waals surface area contributed by atoms with Crippen LogP contribution >= 0.6 is 22.9 Å². The summed E-state index contributed by atoms with van der Waals surface area (Å²) in [5.74, 6) is 2.54. The molecule has 0 bridgehead atoms. The zero-order valence-electron chi connectivity index (χ0n) is 35.1. The van der Waals surface area contributed by atoms with Crippen LogP contribution in [-0.4, -0.2) is 90.1 Å². The summed E-state index contributed by atoms with van der Waals surface area (Å²) in [6.07, 6.45) is 2.11. The number of thiophene rings is 1. The first-order chi connectivity index (χ1) is 30.6. The summed E-state index contributed by atoms with van der Waals surface area (Å²) < 4.78 is 30.6. The second-order valence-corrected chi connectivity index (χ2v) is 16.6. The highest BCUT2D eigenvalue weighted by Gasteiger charge is 2.32. The minimum atomic E-state index is -0.575. The minimum absolute atomic E-state index is 0.0109. The van der Waals surface area contributed by atoms with E-state index in [1.807, 2.05) is 60.0 Å². The summed E-state index contributed by atoms with van der Waals surface area (Å²) in [7, 11) is 0. The Morgan fingerprint density at radius 3 is 2.27 bits per heavy atom. The number of aliphatic imine (C=N–C) groups is 1. The van der Waals surface area contributed by atoms with Crippen molar-refractivity contribution in [2.24, 2.45) is 4.99 Å². The Hall–Kier alpha value is -6.17. The second kappa shape index (κ2) is 19.9. The van der Waals surface area contributed by atoms with Gasteiger partial charge in [-0.1, -0.05) is 29.8 Å². The number of carbonyl (C=O) groups is 2. The number of anilines is 3. The molecule has 4 N–H and O–H groups in total. The number of hydrogen-bond donors (Lipinski definition) is 3. The summed E-state index contributed by atoms with van der Waals surface area (Å²) in [4.78, 5) is 35.9. The van der Waals surface area contributed by atoms with Crippen molar-refractivity contribution in [2.45, 2.75) is 39.7 Å². The van der Waals surface area contributed by atoms with E-state index in [-0.39, 0.29) is 24.1 Å². The Morgan fingerprint density at radius 2 is 1.54 bits per heavy atom. The third kappa shape index (κ3) is 10.4. The van der Waals surface area contributed by atoms with E-state index in [1.165, 1.54) is 4.88 Å². The number of aromatic nitrogens is 4. The molecule has 0 saturated heterocycles. The molecule has 3 aromatic heterocycles. The third-order valence-electron chi connectivity index (χ3n) is 10.5. The van der Waals surface area contributed by atoms with E-state index in [9.17, 15) is 9.59 Å². The molecule has 0 fully saturated rings. The van der Waals surface area contributed by atoms with Crippen molar-refractivity contribution >= 4 is 57.7 Å². The minimum Gasteiger partial charge on any atom is -0.491 e. The molecule has 5 heterocycles. The van der Waals surface area contributed by atoms with Gasteiger partial charge in [-0.05, 0) is 92.1 Å². The molecule has 0 radical (unpaired) electrons. The van der Waals surface area contributed by atoms with Crippen LogP contribution in [0.1, 0.15) is 51.2 Å². The number of nitrogens with one attached hydrogen (secondary N) is 2. The number of ether oxygens (including phenoxy) is 5. The van der Waals surface area contributed by atoms with E-state index in [0.29, 0.717) is 87.3 Å². The Balaban J connectivity index is 0.717. The maximum atomic E-state index is 13.5. The fourth-order valence-electron chi connectivity index (χ4n) is 7.26. The zero-order chi connectivity index (χ0) is 43.9. The van der Waals surface area contributed by atoms with Crippen LogP contribution in [0.2, 0.25) is 5.02 Å². The smallest absolute Gasteiger partial charge is 0.228 e. The van der Waals surface area contributed by atoms with Gasteiger partial charge in [0.15, 0.2) is 17.4 Å². The van der Waals surface area contributed by atoms with E-state index < -0.39 is 6.04 Å². The molecule has 1 atom stereocenters. The Labute approximate surface area is 373 Å². The molecule has 0 saturated carbocycles. The number of hydrogen-bond acceptors (Lipinski definition) is 13. The van der Waals surface area contributed by atoms with Crippen molar-refractivity contribution in [3.05, 3.63) is 123 Å². The second-order valence-electron chi connectivity index (χ2n) is 14.9. The first-order valence-electron chi connectivity index (χ1n) is 20.5. The van der Waals surface area contributed by atoms with Crippen LogP contribution < -0.4 is 25.8 Å². The number of pyridine rings is 1. The SMILES string of the molecule is Cc1sc2c(c1C)C(c1ccc(Cl)cc1)=NC(CC(=O)Nc1ccc(OCCOCCOCCOCCOc3cc(-c4ccc5c(c4)CC(=O)N5)cnc3N)cc1)c1nnc(C)n1-2. The number of amides is 2. The number of rotatable bonds is 19. The zero-order valence-corrected chi connectivity index (χ0v) is 36.7. The lowest BCUT2D eigenvalue weighted by Crippen LogP contribution is -2.17. The summed E-state index contributed by atoms with van der Waals surface area (Å²) in [6, 6.07) is 21.9. The van der Waals surface area contributed by atoms with E-state index >= 15 is 0 Å². The molecule has 0 spiro atoms. The van der Waals surface area contributed by atoms with Gasteiger partial charge in [-0.15, -0.1) is 21.5 Å². The fourth-order valence-corrected chi connectivity index (χ4v) is 8.60. The highest BCUT2D eigenvalue weighted by atomic mass is 35.5. The summed E-state index contributed by atoms with van der Waals surface area (Å²) in [6.45, 7) is 9.12. The monoisotopic (exact) mass is 890 g/mol. The van der Waals surface area contributed by atoms with Gasteiger partial charge in [-0.25, -0.2) is 4.98 Å². The van der Waals surface area contributed by atoms with E-state index in [2.05, 4.69) is 39.7 Å².